The Hall–Kier alpha value is -2.75. The number of sulfonamides is 1. The lowest BCUT2D eigenvalue weighted by atomic mass is 10.1. The maximum absolute atomic E-state index is 13.0. The van der Waals surface area contributed by atoms with Crippen LogP contribution in [0.3, 0.4) is 0 Å². The van der Waals surface area contributed by atoms with Crippen molar-refractivity contribution >= 4 is 27.0 Å². The number of piperidine rings is 1. The summed E-state index contributed by atoms with van der Waals surface area (Å²) in [6.45, 7) is 1.67. The maximum atomic E-state index is 13.0. The zero-order chi connectivity index (χ0) is 25.0. The van der Waals surface area contributed by atoms with Crippen molar-refractivity contribution in [2.45, 2.75) is 43.0 Å². The van der Waals surface area contributed by atoms with E-state index >= 15 is 0 Å². The number of carbonyl (C=O) groups excluding carboxylic acids is 1. The van der Waals surface area contributed by atoms with E-state index in [4.69, 9.17) is 0 Å². The third kappa shape index (κ3) is 5.74. The first-order valence-electron chi connectivity index (χ1n) is 12.2. The molecule has 1 atom stereocenters. The Morgan fingerprint density at radius 2 is 1.80 bits per heavy atom. The first-order valence-corrected chi connectivity index (χ1v) is 13.6. The normalized spacial score (nSPS) is 16.0. The largest absolute Gasteiger partial charge is 0.354 e. The SMILES string of the molecule is CN(C)C(CNC(=O)CCc1nc2cc(S(=O)(=O)N3CCCCC3)ccc2n1C)c1ccccc1. The van der Waals surface area contributed by atoms with Crippen LogP contribution in [0.1, 0.15) is 43.1 Å². The van der Waals surface area contributed by atoms with Gasteiger partial charge in [0.15, 0.2) is 0 Å². The number of likely N-dealkylation sites (N-methyl/N-ethyl adjacent to an activating group) is 1. The van der Waals surface area contributed by atoms with E-state index < -0.39 is 10.0 Å². The molecule has 0 bridgehead atoms. The third-order valence-electron chi connectivity index (χ3n) is 6.77. The highest BCUT2D eigenvalue weighted by molar-refractivity contribution is 7.89. The molecular weight excluding hydrogens is 462 g/mol. The zero-order valence-corrected chi connectivity index (χ0v) is 21.6. The summed E-state index contributed by atoms with van der Waals surface area (Å²) in [7, 11) is 2.40. The predicted molar refractivity (Wildman–Crippen MR) is 138 cm³/mol. The van der Waals surface area contributed by atoms with Gasteiger partial charge < -0.3 is 14.8 Å². The molecule has 1 unspecified atom stereocenters. The van der Waals surface area contributed by atoms with Gasteiger partial charge in [0, 0.05) is 39.5 Å². The van der Waals surface area contributed by atoms with Gasteiger partial charge in [0.1, 0.15) is 5.82 Å². The van der Waals surface area contributed by atoms with Gasteiger partial charge in [-0.2, -0.15) is 4.31 Å². The summed E-state index contributed by atoms with van der Waals surface area (Å²) < 4.78 is 29.6. The van der Waals surface area contributed by atoms with Crippen LogP contribution in [0.2, 0.25) is 0 Å². The van der Waals surface area contributed by atoms with Gasteiger partial charge in [0.2, 0.25) is 15.9 Å². The summed E-state index contributed by atoms with van der Waals surface area (Å²) in [6, 6.07) is 15.3. The van der Waals surface area contributed by atoms with Gasteiger partial charge in [-0.15, -0.1) is 0 Å². The lowest BCUT2D eigenvalue weighted by Gasteiger charge is -2.25. The average Bonchev–Trinajstić information content (AvgIpc) is 3.18. The quantitative estimate of drug-likeness (QED) is 0.491. The van der Waals surface area contributed by atoms with Crippen molar-refractivity contribution in [2.75, 3.05) is 33.7 Å². The lowest BCUT2D eigenvalue weighted by molar-refractivity contribution is -0.121. The number of nitrogens with one attached hydrogen (secondary N) is 1. The van der Waals surface area contributed by atoms with E-state index in [-0.39, 0.29) is 16.8 Å². The monoisotopic (exact) mass is 497 g/mol. The number of carbonyl (C=O) groups is 1. The first-order chi connectivity index (χ1) is 16.8. The van der Waals surface area contributed by atoms with Crippen molar-refractivity contribution in [3.05, 3.63) is 59.9 Å². The minimum absolute atomic E-state index is 0.0341. The van der Waals surface area contributed by atoms with E-state index in [9.17, 15) is 13.2 Å². The van der Waals surface area contributed by atoms with Crippen molar-refractivity contribution < 1.29 is 13.2 Å². The van der Waals surface area contributed by atoms with E-state index in [1.165, 1.54) is 0 Å². The number of aryl methyl sites for hydroxylation is 2. The average molecular weight is 498 g/mol. The highest BCUT2D eigenvalue weighted by atomic mass is 32.2. The molecule has 1 fully saturated rings. The molecule has 0 radical (unpaired) electrons. The smallest absolute Gasteiger partial charge is 0.243 e. The second-order valence-corrected chi connectivity index (χ2v) is 11.3. The van der Waals surface area contributed by atoms with E-state index in [1.54, 1.807) is 16.4 Å². The van der Waals surface area contributed by atoms with Crippen LogP contribution in [0.25, 0.3) is 11.0 Å². The molecule has 0 saturated carbocycles. The molecule has 1 saturated heterocycles. The van der Waals surface area contributed by atoms with Gasteiger partial charge in [-0.25, -0.2) is 13.4 Å². The van der Waals surface area contributed by atoms with Gasteiger partial charge in [-0.1, -0.05) is 36.8 Å². The number of aromatic nitrogens is 2. The molecule has 2 aromatic carbocycles. The van der Waals surface area contributed by atoms with Gasteiger partial charge in [0.25, 0.3) is 0 Å². The fourth-order valence-corrected chi connectivity index (χ4v) is 6.20. The standard InChI is InChI=1S/C26H35N5O3S/c1-29(2)24(20-10-6-4-7-11-20)19-27-26(32)15-14-25-28-22-18-21(12-13-23(22)30(25)3)35(33,34)31-16-8-5-9-17-31/h4,6-7,10-13,18,24H,5,8-9,14-17,19H2,1-3H3,(H,27,32). The highest BCUT2D eigenvalue weighted by Gasteiger charge is 2.26. The van der Waals surface area contributed by atoms with Crippen molar-refractivity contribution in [2.24, 2.45) is 7.05 Å². The van der Waals surface area contributed by atoms with Gasteiger partial charge in [0.05, 0.1) is 22.0 Å². The van der Waals surface area contributed by atoms with E-state index in [2.05, 4.69) is 27.3 Å². The molecule has 3 aromatic rings. The molecule has 1 aromatic heterocycles. The van der Waals surface area contributed by atoms with Crippen LogP contribution < -0.4 is 5.32 Å². The molecule has 35 heavy (non-hydrogen) atoms. The number of fused-ring (bicyclic) bond motifs is 1. The van der Waals surface area contributed by atoms with Crippen LogP contribution in [0.4, 0.5) is 0 Å². The lowest BCUT2D eigenvalue weighted by Crippen LogP contribution is -2.35. The van der Waals surface area contributed by atoms with Crippen LogP contribution in [0.5, 0.6) is 0 Å². The van der Waals surface area contributed by atoms with Crippen molar-refractivity contribution in [3.63, 3.8) is 0 Å². The Morgan fingerprint density at radius 3 is 2.49 bits per heavy atom. The molecule has 1 amide bonds. The Morgan fingerprint density at radius 1 is 1.09 bits per heavy atom. The summed E-state index contributed by atoms with van der Waals surface area (Å²) in [5, 5.41) is 3.05. The van der Waals surface area contributed by atoms with Crippen LogP contribution in [-0.4, -0.2) is 66.8 Å². The molecule has 0 spiro atoms. The molecule has 8 nitrogen and oxygen atoms in total. The maximum Gasteiger partial charge on any atom is 0.243 e. The number of benzene rings is 2. The van der Waals surface area contributed by atoms with Crippen LogP contribution in [0, 0.1) is 0 Å². The molecule has 188 valence electrons. The van der Waals surface area contributed by atoms with Crippen molar-refractivity contribution in [1.82, 2.24) is 24.1 Å². The zero-order valence-electron chi connectivity index (χ0n) is 20.8. The van der Waals surface area contributed by atoms with Crippen LogP contribution in [0.15, 0.2) is 53.4 Å². The van der Waals surface area contributed by atoms with Crippen LogP contribution >= 0.6 is 0 Å². The third-order valence-corrected chi connectivity index (χ3v) is 8.67. The molecule has 1 aliphatic rings. The molecule has 4 rings (SSSR count). The molecule has 1 N–H and O–H groups in total. The van der Waals surface area contributed by atoms with Crippen molar-refractivity contribution in [3.8, 4) is 0 Å². The molecular formula is C26H35N5O3S. The number of hydrogen-bond donors (Lipinski definition) is 1. The molecule has 0 aliphatic carbocycles. The Labute approximate surface area is 208 Å². The summed E-state index contributed by atoms with van der Waals surface area (Å²) in [5.74, 6) is 0.725. The summed E-state index contributed by atoms with van der Waals surface area (Å²) in [5.41, 5.74) is 2.65. The number of amides is 1. The summed E-state index contributed by atoms with van der Waals surface area (Å²) >= 11 is 0. The Balaban J connectivity index is 1.41. The molecule has 9 heteroatoms. The number of nitrogens with zero attached hydrogens (tertiary/aromatic N) is 4. The number of hydrogen-bond acceptors (Lipinski definition) is 5. The van der Waals surface area contributed by atoms with Gasteiger partial charge >= 0.3 is 0 Å². The second-order valence-electron chi connectivity index (χ2n) is 9.40. The minimum atomic E-state index is -3.51. The fraction of sp³-hybridized carbons (Fsp3) is 0.462. The Bertz CT molecular complexity index is 1260. The van der Waals surface area contributed by atoms with E-state index in [0.717, 1.165) is 36.2 Å². The minimum Gasteiger partial charge on any atom is -0.354 e. The Kier molecular flexibility index (Phi) is 7.88. The van der Waals surface area contributed by atoms with Gasteiger partial charge in [-0.05, 0) is 50.7 Å². The summed E-state index contributed by atoms with van der Waals surface area (Å²) in [4.78, 5) is 19.7. The van der Waals surface area contributed by atoms with E-state index in [1.807, 2.05) is 50.0 Å². The predicted octanol–water partition coefficient (Wildman–Crippen LogP) is 3.10. The molecule has 2 heterocycles. The van der Waals surface area contributed by atoms with Crippen molar-refractivity contribution in [1.29, 1.82) is 0 Å². The number of rotatable bonds is 9. The second kappa shape index (κ2) is 10.9. The fourth-order valence-electron chi connectivity index (χ4n) is 4.67. The highest BCUT2D eigenvalue weighted by Crippen LogP contribution is 2.25. The first kappa shape index (κ1) is 25.3. The molecule has 1 aliphatic heterocycles. The number of imidazole rings is 1. The van der Waals surface area contributed by atoms with Crippen LogP contribution in [-0.2, 0) is 28.3 Å². The van der Waals surface area contributed by atoms with E-state index in [0.29, 0.717) is 38.0 Å². The van der Waals surface area contributed by atoms with Gasteiger partial charge in [-0.3, -0.25) is 4.79 Å². The topological polar surface area (TPSA) is 87.5 Å². The summed E-state index contributed by atoms with van der Waals surface area (Å²) in [6.07, 6.45) is 3.66.